The van der Waals surface area contributed by atoms with Crippen LogP contribution in [0.1, 0.15) is 34.9 Å². The van der Waals surface area contributed by atoms with Gasteiger partial charge in [0.25, 0.3) is 5.56 Å². The Morgan fingerprint density at radius 1 is 1.27 bits per heavy atom. The fourth-order valence-corrected chi connectivity index (χ4v) is 3.50. The van der Waals surface area contributed by atoms with E-state index in [4.69, 9.17) is 9.47 Å². The zero-order valence-corrected chi connectivity index (χ0v) is 17.2. The number of aromatic hydroxyl groups is 1. The van der Waals surface area contributed by atoms with Crippen LogP contribution >= 0.6 is 0 Å². The molecule has 0 unspecified atom stereocenters. The van der Waals surface area contributed by atoms with E-state index in [1.807, 2.05) is 0 Å². The van der Waals surface area contributed by atoms with Crippen molar-refractivity contribution in [2.75, 3.05) is 14.2 Å². The van der Waals surface area contributed by atoms with Crippen LogP contribution in [0.2, 0.25) is 0 Å². The third-order valence-corrected chi connectivity index (χ3v) is 5.15. The molecule has 0 aliphatic carbocycles. The Morgan fingerprint density at radius 2 is 2.00 bits per heavy atom. The normalized spacial score (nSPS) is 11.8. The minimum Gasteiger partial charge on any atom is -0.507 e. The Kier molecular flexibility index (Phi) is 6.56. The molecule has 0 saturated carbocycles. The number of nitrogens with one attached hydrogen (secondary N) is 1. The molecule has 1 aromatic carbocycles. The first-order chi connectivity index (χ1) is 14.4. The number of aromatic nitrogens is 3. The number of carbonyl (C=O) groups excluding carboxylic acids is 1. The fourth-order valence-electron chi connectivity index (χ4n) is 3.50. The summed E-state index contributed by atoms with van der Waals surface area (Å²) in [6, 6.07) is 8.61. The molecule has 0 amide bonds. The van der Waals surface area contributed by atoms with Gasteiger partial charge in [0.1, 0.15) is 11.5 Å². The highest BCUT2D eigenvalue weighted by Crippen LogP contribution is 2.33. The molecule has 2 aromatic heterocycles. The molecular formula is C22H25N3O5. The van der Waals surface area contributed by atoms with Crippen molar-refractivity contribution in [2.45, 2.75) is 32.2 Å². The minimum absolute atomic E-state index is 0.0742. The van der Waals surface area contributed by atoms with Crippen LogP contribution in [-0.4, -0.2) is 39.8 Å². The lowest BCUT2D eigenvalue weighted by atomic mass is 9.88. The number of aromatic amines is 1. The largest absolute Gasteiger partial charge is 0.507 e. The van der Waals surface area contributed by atoms with Gasteiger partial charge in [-0.2, -0.15) is 0 Å². The third-order valence-electron chi connectivity index (χ3n) is 5.15. The number of ether oxygens (including phenoxy) is 2. The molecule has 0 saturated heterocycles. The molecule has 0 aliphatic heterocycles. The Hall–Kier alpha value is -3.55. The first-order valence-electron chi connectivity index (χ1n) is 9.56. The average molecular weight is 411 g/mol. The molecule has 2 heterocycles. The summed E-state index contributed by atoms with van der Waals surface area (Å²) in [5.74, 6) is -0.616. The van der Waals surface area contributed by atoms with E-state index in [0.29, 0.717) is 30.0 Å². The maximum absolute atomic E-state index is 13.4. The lowest BCUT2D eigenvalue weighted by molar-refractivity contribution is -0.140. The third kappa shape index (κ3) is 4.53. The molecule has 30 heavy (non-hydrogen) atoms. The van der Waals surface area contributed by atoms with Crippen molar-refractivity contribution in [2.24, 2.45) is 0 Å². The molecule has 0 spiro atoms. The summed E-state index contributed by atoms with van der Waals surface area (Å²) >= 11 is 0. The number of rotatable bonds is 8. The predicted octanol–water partition coefficient (Wildman–Crippen LogP) is 2.53. The van der Waals surface area contributed by atoms with Gasteiger partial charge in [-0.25, -0.2) is 4.98 Å². The van der Waals surface area contributed by atoms with Crippen LogP contribution in [0.15, 0.2) is 47.7 Å². The van der Waals surface area contributed by atoms with Crippen LogP contribution in [-0.2, 0) is 22.5 Å². The monoisotopic (exact) mass is 411 g/mol. The van der Waals surface area contributed by atoms with Gasteiger partial charge in [-0.15, -0.1) is 0 Å². The van der Waals surface area contributed by atoms with Gasteiger partial charge in [0.05, 0.1) is 32.5 Å². The number of hydrogen-bond acceptors (Lipinski definition) is 6. The van der Waals surface area contributed by atoms with Crippen molar-refractivity contribution < 1.29 is 19.4 Å². The van der Waals surface area contributed by atoms with Crippen LogP contribution in [0, 0.1) is 6.92 Å². The molecule has 8 nitrogen and oxygen atoms in total. The van der Waals surface area contributed by atoms with Gasteiger partial charge in [0, 0.05) is 36.5 Å². The van der Waals surface area contributed by atoms with Crippen molar-refractivity contribution in [1.82, 2.24) is 14.5 Å². The fraction of sp³-hybridized carbons (Fsp3) is 0.318. The lowest BCUT2D eigenvalue weighted by Gasteiger charge is -2.20. The highest BCUT2D eigenvalue weighted by molar-refractivity contribution is 5.71. The lowest BCUT2D eigenvalue weighted by Crippen LogP contribution is -2.29. The molecule has 158 valence electrons. The van der Waals surface area contributed by atoms with Gasteiger partial charge in [0.15, 0.2) is 0 Å². The summed E-state index contributed by atoms with van der Waals surface area (Å²) in [5, 5.41) is 10.7. The molecule has 0 radical (unpaired) electrons. The summed E-state index contributed by atoms with van der Waals surface area (Å²) in [7, 11) is 2.86. The van der Waals surface area contributed by atoms with Gasteiger partial charge in [-0.1, -0.05) is 12.1 Å². The highest BCUT2D eigenvalue weighted by atomic mass is 16.5. The first kappa shape index (κ1) is 21.2. The number of benzene rings is 1. The summed E-state index contributed by atoms with van der Waals surface area (Å²) in [4.78, 5) is 32.5. The van der Waals surface area contributed by atoms with Crippen molar-refractivity contribution in [3.05, 3.63) is 75.7 Å². The quantitative estimate of drug-likeness (QED) is 0.552. The van der Waals surface area contributed by atoms with E-state index < -0.39 is 11.9 Å². The van der Waals surface area contributed by atoms with E-state index in [9.17, 15) is 14.7 Å². The summed E-state index contributed by atoms with van der Waals surface area (Å²) < 4.78 is 11.6. The Bertz CT molecular complexity index is 1060. The Labute approximate surface area is 174 Å². The predicted molar refractivity (Wildman–Crippen MR) is 111 cm³/mol. The van der Waals surface area contributed by atoms with Crippen LogP contribution in [0.25, 0.3) is 0 Å². The van der Waals surface area contributed by atoms with Gasteiger partial charge < -0.3 is 24.1 Å². The van der Waals surface area contributed by atoms with E-state index in [1.54, 1.807) is 61.5 Å². The van der Waals surface area contributed by atoms with E-state index in [2.05, 4.69) is 9.97 Å². The molecule has 0 aliphatic rings. The second-order valence-electron chi connectivity index (χ2n) is 6.97. The smallest absolute Gasteiger partial charge is 0.306 e. The average Bonchev–Trinajstić information content (AvgIpc) is 3.26. The van der Waals surface area contributed by atoms with Crippen LogP contribution in [0.4, 0.5) is 0 Å². The Balaban J connectivity index is 2.05. The molecule has 0 bridgehead atoms. The molecule has 3 rings (SSSR count). The number of hydrogen-bond donors (Lipinski definition) is 2. The first-order valence-corrected chi connectivity index (χ1v) is 9.56. The molecule has 3 aromatic rings. The summed E-state index contributed by atoms with van der Waals surface area (Å²) in [5.41, 5.74) is 2.07. The second-order valence-corrected chi connectivity index (χ2v) is 6.97. The van der Waals surface area contributed by atoms with Gasteiger partial charge in [0.2, 0.25) is 0 Å². The zero-order valence-electron chi connectivity index (χ0n) is 17.2. The SMILES string of the molecule is COC(=O)C[C@@H](c1ccc(OC)cc1)c1c(O)cc(C)n(CCc2cnc[nH]2)c1=O. The number of methoxy groups -OCH3 is 2. The number of H-pyrrole nitrogens is 1. The minimum atomic E-state index is -0.658. The number of carbonyl (C=O) groups is 1. The van der Waals surface area contributed by atoms with E-state index in [1.165, 1.54) is 7.11 Å². The van der Waals surface area contributed by atoms with Crippen molar-refractivity contribution >= 4 is 5.97 Å². The van der Waals surface area contributed by atoms with E-state index in [-0.39, 0.29) is 23.3 Å². The number of pyridine rings is 1. The van der Waals surface area contributed by atoms with Crippen molar-refractivity contribution in [3.8, 4) is 11.5 Å². The molecule has 2 N–H and O–H groups in total. The maximum Gasteiger partial charge on any atom is 0.306 e. The number of nitrogens with zero attached hydrogens (tertiary/aromatic N) is 2. The summed E-state index contributed by atoms with van der Waals surface area (Å²) in [6.07, 6.45) is 3.80. The zero-order chi connectivity index (χ0) is 21.7. The van der Waals surface area contributed by atoms with Gasteiger partial charge in [-0.3, -0.25) is 9.59 Å². The highest BCUT2D eigenvalue weighted by Gasteiger charge is 2.26. The molecular weight excluding hydrogens is 386 g/mol. The topological polar surface area (TPSA) is 106 Å². The molecule has 0 fully saturated rings. The summed E-state index contributed by atoms with van der Waals surface area (Å²) in [6.45, 7) is 2.17. The standard InChI is InChI=1S/C22H25N3O5/c1-14-10-19(26)21(22(28)25(14)9-8-16-12-23-13-24-16)18(11-20(27)30-3)15-4-6-17(29-2)7-5-15/h4-7,10,12-13,18,26H,8-9,11H2,1-3H3,(H,23,24)/t18-/m0/s1. The van der Waals surface area contributed by atoms with E-state index >= 15 is 0 Å². The van der Waals surface area contributed by atoms with Gasteiger partial charge >= 0.3 is 5.97 Å². The number of imidazole rings is 1. The van der Waals surface area contributed by atoms with Crippen LogP contribution in [0.3, 0.4) is 0 Å². The van der Waals surface area contributed by atoms with Crippen molar-refractivity contribution in [3.63, 3.8) is 0 Å². The maximum atomic E-state index is 13.4. The number of aryl methyl sites for hydroxylation is 2. The van der Waals surface area contributed by atoms with Crippen LogP contribution in [0.5, 0.6) is 11.5 Å². The molecule has 1 atom stereocenters. The van der Waals surface area contributed by atoms with Crippen LogP contribution < -0.4 is 10.3 Å². The van der Waals surface area contributed by atoms with Crippen molar-refractivity contribution in [1.29, 1.82) is 0 Å². The van der Waals surface area contributed by atoms with E-state index in [0.717, 1.165) is 5.69 Å². The second kappa shape index (κ2) is 9.30. The Morgan fingerprint density at radius 3 is 2.60 bits per heavy atom. The number of esters is 1. The molecule has 8 heteroatoms. The van der Waals surface area contributed by atoms with Gasteiger partial charge in [-0.05, 0) is 30.7 Å².